The summed E-state index contributed by atoms with van der Waals surface area (Å²) in [5.74, 6) is 2.11. The molecule has 0 spiro atoms. The number of halogens is 1. The standard InChI is InChI=1S/C11H14BrNO2/c1-7(5-13-2)8-3-10-11(4-9(8)12)15-6-14-10/h3-4,7,13H,5-6H2,1-2H3. The SMILES string of the molecule is CNCC(C)c1cc2c(cc1Br)OCO2. The Balaban J connectivity index is 2.31. The Hall–Kier alpha value is -0.740. The molecule has 0 radical (unpaired) electrons. The zero-order valence-corrected chi connectivity index (χ0v) is 10.4. The van der Waals surface area contributed by atoms with Gasteiger partial charge in [-0.25, -0.2) is 0 Å². The van der Waals surface area contributed by atoms with E-state index >= 15 is 0 Å². The Morgan fingerprint density at radius 3 is 2.73 bits per heavy atom. The Bertz CT molecular complexity index is 368. The molecule has 1 unspecified atom stereocenters. The normalized spacial score (nSPS) is 15.4. The van der Waals surface area contributed by atoms with Gasteiger partial charge >= 0.3 is 0 Å². The van der Waals surface area contributed by atoms with E-state index in [1.165, 1.54) is 5.56 Å². The lowest BCUT2D eigenvalue weighted by Gasteiger charge is -2.13. The highest BCUT2D eigenvalue weighted by Crippen LogP contribution is 2.39. The number of rotatable bonds is 3. The first-order chi connectivity index (χ1) is 7.22. The summed E-state index contributed by atoms with van der Waals surface area (Å²) in [4.78, 5) is 0. The van der Waals surface area contributed by atoms with Crippen LogP contribution < -0.4 is 14.8 Å². The third-order valence-electron chi connectivity index (χ3n) is 2.53. The molecule has 82 valence electrons. The van der Waals surface area contributed by atoms with E-state index in [9.17, 15) is 0 Å². The van der Waals surface area contributed by atoms with Crippen molar-refractivity contribution in [3.8, 4) is 11.5 Å². The Morgan fingerprint density at radius 1 is 1.40 bits per heavy atom. The lowest BCUT2D eigenvalue weighted by Crippen LogP contribution is -2.15. The molecular weight excluding hydrogens is 258 g/mol. The molecule has 0 aromatic heterocycles. The highest BCUT2D eigenvalue weighted by atomic mass is 79.9. The minimum atomic E-state index is 0.325. The van der Waals surface area contributed by atoms with Gasteiger partial charge in [0.15, 0.2) is 11.5 Å². The minimum absolute atomic E-state index is 0.325. The Kier molecular flexibility index (Phi) is 3.17. The largest absolute Gasteiger partial charge is 0.454 e. The first-order valence-electron chi connectivity index (χ1n) is 4.96. The van der Waals surface area contributed by atoms with Crippen LogP contribution in [0.15, 0.2) is 16.6 Å². The molecule has 0 saturated carbocycles. The molecule has 1 aromatic rings. The molecule has 0 bridgehead atoms. The van der Waals surface area contributed by atoms with Crippen LogP contribution in [0.5, 0.6) is 11.5 Å². The van der Waals surface area contributed by atoms with Gasteiger partial charge in [0, 0.05) is 11.0 Å². The maximum Gasteiger partial charge on any atom is 0.231 e. The third-order valence-corrected chi connectivity index (χ3v) is 3.22. The van der Waals surface area contributed by atoms with Crippen LogP contribution in [-0.4, -0.2) is 20.4 Å². The number of nitrogens with one attached hydrogen (secondary N) is 1. The second kappa shape index (κ2) is 4.41. The number of ether oxygens (including phenoxy) is 2. The monoisotopic (exact) mass is 271 g/mol. The summed E-state index contributed by atoms with van der Waals surface area (Å²) in [6.45, 7) is 3.45. The summed E-state index contributed by atoms with van der Waals surface area (Å²) < 4.78 is 11.7. The molecule has 1 heterocycles. The van der Waals surface area contributed by atoms with Crippen molar-refractivity contribution in [2.45, 2.75) is 12.8 Å². The fraction of sp³-hybridized carbons (Fsp3) is 0.455. The van der Waals surface area contributed by atoms with E-state index in [-0.39, 0.29) is 0 Å². The molecule has 15 heavy (non-hydrogen) atoms. The van der Waals surface area contributed by atoms with E-state index in [1.807, 2.05) is 13.1 Å². The van der Waals surface area contributed by atoms with Gasteiger partial charge in [0.1, 0.15) is 0 Å². The predicted octanol–water partition coefficient (Wildman–Crippen LogP) is 2.50. The van der Waals surface area contributed by atoms with Crippen molar-refractivity contribution in [2.75, 3.05) is 20.4 Å². The van der Waals surface area contributed by atoms with Crippen molar-refractivity contribution in [1.29, 1.82) is 0 Å². The van der Waals surface area contributed by atoms with Gasteiger partial charge in [-0.2, -0.15) is 0 Å². The summed E-state index contributed by atoms with van der Waals surface area (Å²) in [6.07, 6.45) is 0. The average Bonchev–Trinajstić information content (AvgIpc) is 2.63. The van der Waals surface area contributed by atoms with E-state index in [2.05, 4.69) is 34.2 Å². The maximum atomic E-state index is 5.36. The third kappa shape index (κ3) is 2.11. The Morgan fingerprint density at radius 2 is 2.07 bits per heavy atom. The van der Waals surface area contributed by atoms with Crippen LogP contribution in [0.25, 0.3) is 0 Å². The van der Waals surface area contributed by atoms with Gasteiger partial charge in [0.25, 0.3) is 0 Å². The lowest BCUT2D eigenvalue weighted by atomic mass is 10.0. The van der Waals surface area contributed by atoms with Crippen molar-refractivity contribution < 1.29 is 9.47 Å². The highest BCUT2D eigenvalue weighted by Gasteiger charge is 2.18. The van der Waals surface area contributed by atoms with Gasteiger partial charge in [0.05, 0.1) is 0 Å². The van der Waals surface area contributed by atoms with Gasteiger partial charge in [-0.15, -0.1) is 0 Å². The average molecular weight is 272 g/mol. The van der Waals surface area contributed by atoms with Crippen molar-refractivity contribution >= 4 is 15.9 Å². The van der Waals surface area contributed by atoms with E-state index in [0.717, 1.165) is 22.5 Å². The van der Waals surface area contributed by atoms with Crippen molar-refractivity contribution in [3.05, 3.63) is 22.2 Å². The van der Waals surface area contributed by atoms with Crippen LogP contribution >= 0.6 is 15.9 Å². The van der Waals surface area contributed by atoms with Crippen LogP contribution in [0.4, 0.5) is 0 Å². The van der Waals surface area contributed by atoms with E-state index in [1.54, 1.807) is 0 Å². The first kappa shape index (κ1) is 10.8. The van der Waals surface area contributed by atoms with Crippen molar-refractivity contribution in [2.24, 2.45) is 0 Å². The number of fused-ring (bicyclic) bond motifs is 1. The van der Waals surface area contributed by atoms with Crippen LogP contribution in [0.1, 0.15) is 18.4 Å². The summed E-state index contributed by atoms with van der Waals surface area (Å²) >= 11 is 3.56. The first-order valence-corrected chi connectivity index (χ1v) is 5.75. The molecule has 1 aromatic carbocycles. The number of hydrogen-bond donors (Lipinski definition) is 1. The fourth-order valence-corrected chi connectivity index (χ4v) is 2.44. The van der Waals surface area contributed by atoms with Crippen LogP contribution in [-0.2, 0) is 0 Å². The van der Waals surface area contributed by atoms with E-state index in [0.29, 0.717) is 12.7 Å². The molecule has 0 amide bonds. The number of benzene rings is 1. The zero-order valence-electron chi connectivity index (χ0n) is 8.84. The van der Waals surface area contributed by atoms with Crippen molar-refractivity contribution in [1.82, 2.24) is 5.32 Å². The Labute approximate surface area is 97.9 Å². The second-order valence-electron chi connectivity index (χ2n) is 3.69. The minimum Gasteiger partial charge on any atom is -0.454 e. The number of likely N-dealkylation sites (N-methyl/N-ethyl adjacent to an activating group) is 1. The predicted molar refractivity (Wildman–Crippen MR) is 62.6 cm³/mol. The molecule has 1 N–H and O–H groups in total. The molecule has 0 aliphatic carbocycles. The smallest absolute Gasteiger partial charge is 0.231 e. The molecule has 3 nitrogen and oxygen atoms in total. The lowest BCUT2D eigenvalue weighted by molar-refractivity contribution is 0.174. The number of hydrogen-bond acceptors (Lipinski definition) is 3. The molecule has 4 heteroatoms. The molecule has 0 saturated heterocycles. The molecule has 0 fully saturated rings. The highest BCUT2D eigenvalue weighted by molar-refractivity contribution is 9.10. The molecule has 2 rings (SSSR count). The zero-order chi connectivity index (χ0) is 10.8. The summed E-state index contributed by atoms with van der Waals surface area (Å²) in [5, 5.41) is 3.17. The molecular formula is C11H14BrNO2. The maximum absolute atomic E-state index is 5.36. The summed E-state index contributed by atoms with van der Waals surface area (Å²) in [5.41, 5.74) is 1.24. The van der Waals surface area contributed by atoms with Crippen LogP contribution in [0.3, 0.4) is 0 Å². The fourth-order valence-electron chi connectivity index (χ4n) is 1.73. The van der Waals surface area contributed by atoms with Crippen molar-refractivity contribution in [3.63, 3.8) is 0 Å². The van der Waals surface area contributed by atoms with Gasteiger partial charge in [-0.1, -0.05) is 22.9 Å². The topological polar surface area (TPSA) is 30.5 Å². The molecule has 1 atom stereocenters. The quantitative estimate of drug-likeness (QED) is 0.917. The summed E-state index contributed by atoms with van der Waals surface area (Å²) in [7, 11) is 1.96. The second-order valence-corrected chi connectivity index (χ2v) is 4.54. The molecule has 1 aliphatic rings. The van der Waals surface area contributed by atoms with Gasteiger partial charge in [-0.3, -0.25) is 0 Å². The van der Waals surface area contributed by atoms with Gasteiger partial charge in [0.2, 0.25) is 6.79 Å². The van der Waals surface area contributed by atoms with Gasteiger partial charge < -0.3 is 14.8 Å². The van der Waals surface area contributed by atoms with Crippen LogP contribution in [0.2, 0.25) is 0 Å². The molecule has 1 aliphatic heterocycles. The van der Waals surface area contributed by atoms with Gasteiger partial charge in [-0.05, 0) is 30.7 Å². The van der Waals surface area contributed by atoms with E-state index in [4.69, 9.17) is 9.47 Å². The van der Waals surface area contributed by atoms with E-state index < -0.39 is 0 Å². The van der Waals surface area contributed by atoms with Crippen LogP contribution in [0, 0.1) is 0 Å². The summed E-state index contributed by atoms with van der Waals surface area (Å²) in [6, 6.07) is 4.03.